The molecule has 0 radical (unpaired) electrons. The van der Waals surface area contributed by atoms with Gasteiger partial charge in [-0.3, -0.25) is 15.4 Å². The van der Waals surface area contributed by atoms with Gasteiger partial charge in [0.25, 0.3) is 0 Å². The summed E-state index contributed by atoms with van der Waals surface area (Å²) in [6, 6.07) is 7.86. The van der Waals surface area contributed by atoms with E-state index in [4.69, 9.17) is 10.5 Å². The van der Waals surface area contributed by atoms with Crippen LogP contribution >= 0.6 is 0 Å². The molecule has 2 amide bonds. The van der Waals surface area contributed by atoms with Crippen molar-refractivity contribution >= 4 is 11.8 Å². The van der Waals surface area contributed by atoms with Gasteiger partial charge in [0, 0.05) is 23.8 Å². The van der Waals surface area contributed by atoms with Crippen LogP contribution in [0.2, 0.25) is 0 Å². The van der Waals surface area contributed by atoms with E-state index in [9.17, 15) is 19.8 Å². The average Bonchev–Trinajstić information content (AvgIpc) is 3.04. The number of hydrogen-bond acceptors (Lipinski definition) is 6. The van der Waals surface area contributed by atoms with Crippen LogP contribution in [0.25, 0.3) is 0 Å². The average molecular weight is 373 g/mol. The number of nitrogens with zero attached hydrogens (tertiary/aromatic N) is 1. The molecule has 3 rings (SSSR count). The molecule has 1 fully saturated rings. The lowest BCUT2D eigenvalue weighted by molar-refractivity contribution is -0.0549. The summed E-state index contributed by atoms with van der Waals surface area (Å²) in [7, 11) is 0. The number of hydrogen-bond donors (Lipinski definition) is 4. The SMILES string of the molecule is CC=CC1=CN([C@H]2C[C@H](O)[C@@H](CO)O2)C(=O)NC1(N)C(=O)c1ccccc1. The van der Waals surface area contributed by atoms with Crippen LogP contribution in [0.1, 0.15) is 23.7 Å². The number of rotatable bonds is 5. The number of benzene rings is 1. The fraction of sp³-hybridized carbons (Fsp3) is 0.368. The van der Waals surface area contributed by atoms with Crippen LogP contribution in [0.15, 0.2) is 54.3 Å². The van der Waals surface area contributed by atoms with E-state index in [2.05, 4.69) is 5.32 Å². The molecular weight excluding hydrogens is 350 g/mol. The molecule has 2 aliphatic rings. The van der Waals surface area contributed by atoms with Gasteiger partial charge in [0.1, 0.15) is 12.3 Å². The lowest BCUT2D eigenvalue weighted by Crippen LogP contribution is -2.67. The number of ether oxygens (including phenoxy) is 1. The van der Waals surface area contributed by atoms with Crippen LogP contribution in [-0.2, 0) is 4.74 Å². The first-order chi connectivity index (χ1) is 12.9. The maximum atomic E-state index is 13.0. The second kappa shape index (κ2) is 7.61. The van der Waals surface area contributed by atoms with Crippen LogP contribution < -0.4 is 11.1 Å². The van der Waals surface area contributed by atoms with E-state index >= 15 is 0 Å². The van der Waals surface area contributed by atoms with Crippen LogP contribution in [0.4, 0.5) is 4.79 Å². The molecular formula is C19H23N3O5. The van der Waals surface area contributed by atoms with Crippen molar-refractivity contribution in [1.82, 2.24) is 10.2 Å². The molecule has 5 N–H and O–H groups in total. The lowest BCUT2D eigenvalue weighted by Gasteiger charge is -2.39. The summed E-state index contributed by atoms with van der Waals surface area (Å²) < 4.78 is 5.54. The first-order valence-corrected chi connectivity index (χ1v) is 8.69. The van der Waals surface area contributed by atoms with Crippen molar-refractivity contribution in [2.24, 2.45) is 5.73 Å². The van der Waals surface area contributed by atoms with Gasteiger partial charge in [0.05, 0.1) is 12.7 Å². The van der Waals surface area contributed by atoms with Crippen LogP contribution in [0.3, 0.4) is 0 Å². The Bertz CT molecular complexity index is 779. The van der Waals surface area contributed by atoms with Gasteiger partial charge >= 0.3 is 6.03 Å². The van der Waals surface area contributed by atoms with E-state index in [-0.39, 0.29) is 13.0 Å². The van der Waals surface area contributed by atoms with E-state index in [0.29, 0.717) is 11.1 Å². The number of amides is 2. The van der Waals surface area contributed by atoms with Gasteiger partial charge in [0.2, 0.25) is 5.78 Å². The largest absolute Gasteiger partial charge is 0.394 e. The van der Waals surface area contributed by atoms with E-state index < -0.39 is 35.9 Å². The van der Waals surface area contributed by atoms with Crippen molar-refractivity contribution in [3.05, 3.63) is 59.8 Å². The van der Waals surface area contributed by atoms with Crippen LogP contribution in [-0.4, -0.2) is 57.6 Å². The number of nitrogens with one attached hydrogen (secondary N) is 1. The number of nitrogens with two attached hydrogens (primary N) is 1. The predicted octanol–water partition coefficient (Wildman–Crippen LogP) is 0.478. The summed E-state index contributed by atoms with van der Waals surface area (Å²) in [5.74, 6) is -0.443. The van der Waals surface area contributed by atoms with Crippen molar-refractivity contribution in [2.75, 3.05) is 6.61 Å². The minimum Gasteiger partial charge on any atom is -0.394 e. The number of carbonyl (C=O) groups is 2. The molecule has 2 aliphatic heterocycles. The van der Waals surface area contributed by atoms with E-state index in [1.54, 1.807) is 49.4 Å². The third kappa shape index (κ3) is 3.52. The quantitative estimate of drug-likeness (QED) is 0.556. The van der Waals surface area contributed by atoms with E-state index in [0.717, 1.165) is 0 Å². The normalized spacial score (nSPS) is 31.1. The first-order valence-electron chi connectivity index (χ1n) is 8.69. The predicted molar refractivity (Wildman–Crippen MR) is 97.3 cm³/mol. The molecule has 8 nitrogen and oxygen atoms in total. The summed E-state index contributed by atoms with van der Waals surface area (Å²) >= 11 is 0. The molecule has 1 aromatic carbocycles. The number of carbonyl (C=O) groups excluding carboxylic acids is 2. The summed E-state index contributed by atoms with van der Waals surface area (Å²) in [6.45, 7) is 1.42. The number of aliphatic hydroxyl groups excluding tert-OH is 2. The highest BCUT2D eigenvalue weighted by Gasteiger charge is 2.47. The Hall–Kier alpha value is -2.52. The summed E-state index contributed by atoms with van der Waals surface area (Å²) in [4.78, 5) is 26.9. The third-order valence-corrected chi connectivity index (χ3v) is 4.71. The molecule has 1 aromatic rings. The Morgan fingerprint density at radius 3 is 2.74 bits per heavy atom. The van der Waals surface area contributed by atoms with Gasteiger partial charge in [-0.25, -0.2) is 4.79 Å². The summed E-state index contributed by atoms with van der Waals surface area (Å²) in [5, 5.41) is 21.7. The maximum Gasteiger partial charge on any atom is 0.325 e. The summed E-state index contributed by atoms with van der Waals surface area (Å²) in [6.07, 6.45) is 2.52. The van der Waals surface area contributed by atoms with Gasteiger partial charge in [0.15, 0.2) is 5.66 Å². The zero-order valence-electron chi connectivity index (χ0n) is 14.9. The Morgan fingerprint density at radius 1 is 1.44 bits per heavy atom. The summed E-state index contributed by atoms with van der Waals surface area (Å²) in [5.41, 5.74) is 5.36. The van der Waals surface area contributed by atoms with Crippen molar-refractivity contribution in [2.45, 2.75) is 37.4 Å². The van der Waals surface area contributed by atoms with Gasteiger partial charge < -0.3 is 20.3 Å². The zero-order valence-corrected chi connectivity index (χ0v) is 14.9. The highest BCUT2D eigenvalue weighted by atomic mass is 16.5. The van der Waals surface area contributed by atoms with E-state index in [1.165, 1.54) is 11.1 Å². The zero-order chi connectivity index (χ0) is 19.6. The first kappa shape index (κ1) is 19.2. The Kier molecular flexibility index (Phi) is 5.43. The smallest absolute Gasteiger partial charge is 0.325 e. The van der Waals surface area contributed by atoms with E-state index in [1.807, 2.05) is 0 Å². The molecule has 144 valence electrons. The molecule has 0 saturated carbocycles. The molecule has 0 aliphatic carbocycles. The Morgan fingerprint density at radius 2 is 2.15 bits per heavy atom. The number of aliphatic hydroxyl groups is 2. The van der Waals surface area contributed by atoms with Gasteiger partial charge in [-0.05, 0) is 6.92 Å². The molecule has 0 aromatic heterocycles. The third-order valence-electron chi connectivity index (χ3n) is 4.71. The lowest BCUT2D eigenvalue weighted by atomic mass is 9.89. The Labute approximate surface area is 156 Å². The van der Waals surface area contributed by atoms with Gasteiger partial charge in [-0.1, -0.05) is 42.5 Å². The van der Waals surface area contributed by atoms with Crippen molar-refractivity contribution in [3.63, 3.8) is 0 Å². The molecule has 0 spiro atoms. The maximum absolute atomic E-state index is 13.0. The van der Waals surface area contributed by atoms with Gasteiger partial charge in [-0.15, -0.1) is 0 Å². The standard InChI is InChI=1S/C19H23N3O5/c1-2-6-13-10-22(16-9-14(24)15(11-23)27-16)18(26)21-19(13,20)17(25)12-7-4-3-5-8-12/h2-8,10,14-16,23-24H,9,11,20H2,1H3,(H,21,26)/t14-,15+,16+,19?/m0/s1. The second-order valence-corrected chi connectivity index (χ2v) is 6.54. The minimum atomic E-state index is -1.73. The minimum absolute atomic E-state index is 0.141. The number of Topliss-reactive ketones (excluding diaryl/α,β-unsaturated/α-hetero) is 1. The molecule has 0 bridgehead atoms. The monoisotopic (exact) mass is 373 g/mol. The molecule has 2 heterocycles. The molecule has 8 heteroatoms. The van der Waals surface area contributed by atoms with Gasteiger partial charge in [-0.2, -0.15) is 0 Å². The van der Waals surface area contributed by atoms with Crippen molar-refractivity contribution in [1.29, 1.82) is 0 Å². The fourth-order valence-corrected chi connectivity index (χ4v) is 3.24. The Balaban J connectivity index is 1.95. The number of ketones is 1. The molecule has 4 atom stereocenters. The van der Waals surface area contributed by atoms with Crippen molar-refractivity contribution in [3.8, 4) is 0 Å². The highest BCUT2D eigenvalue weighted by molar-refractivity contribution is 6.08. The highest BCUT2D eigenvalue weighted by Crippen LogP contribution is 2.29. The van der Waals surface area contributed by atoms with Crippen molar-refractivity contribution < 1.29 is 24.5 Å². The second-order valence-electron chi connectivity index (χ2n) is 6.54. The topological polar surface area (TPSA) is 125 Å². The number of allylic oxidation sites excluding steroid dienone is 1. The molecule has 1 unspecified atom stereocenters. The van der Waals surface area contributed by atoms with Crippen LogP contribution in [0.5, 0.6) is 0 Å². The fourth-order valence-electron chi connectivity index (χ4n) is 3.24. The molecule has 27 heavy (non-hydrogen) atoms. The van der Waals surface area contributed by atoms with Crippen LogP contribution in [0, 0.1) is 0 Å². The number of urea groups is 1. The molecule has 1 saturated heterocycles.